The van der Waals surface area contributed by atoms with Gasteiger partial charge in [-0.05, 0) is 90.2 Å². The molecule has 2 N–H and O–H groups in total. The second kappa shape index (κ2) is 11.9. The standard InChI is InChI=1S/C33H28ClFN2O6/c1-41-29-10-3-20-16-30(29)42-14-2-12-36-32(39)26-18-23(6-9-28(26)38)43-22-5-7-24-19(15-22)11-13-37(31(20)24)33(40)25-17-21(34)4-8-27(25)35/h3-10,15-18,31,38H,2,11-14H2,1H3,(H,36,39). The molecule has 0 radical (unpaired) electrons. The van der Waals surface area contributed by atoms with E-state index in [1.54, 1.807) is 23.1 Å². The van der Waals surface area contributed by atoms with Gasteiger partial charge in [0.05, 0.1) is 30.9 Å². The number of carbonyl (C=O) groups excluding carboxylic acids is 2. The van der Waals surface area contributed by atoms with Gasteiger partial charge >= 0.3 is 0 Å². The van der Waals surface area contributed by atoms with Crippen LogP contribution in [-0.2, 0) is 6.42 Å². The number of hydrogen-bond donors (Lipinski definition) is 2. The molecule has 3 aliphatic rings. The maximum absolute atomic E-state index is 14.9. The highest BCUT2D eigenvalue weighted by atomic mass is 35.5. The smallest absolute Gasteiger partial charge is 0.257 e. The van der Waals surface area contributed by atoms with E-state index < -0.39 is 23.7 Å². The van der Waals surface area contributed by atoms with Crippen LogP contribution in [0.15, 0.2) is 72.8 Å². The fraction of sp³-hybridized carbons (Fsp3) is 0.212. The second-order valence-corrected chi connectivity index (χ2v) is 10.7. The van der Waals surface area contributed by atoms with E-state index in [2.05, 4.69) is 5.32 Å². The monoisotopic (exact) mass is 602 g/mol. The van der Waals surface area contributed by atoms with Crippen molar-refractivity contribution in [1.82, 2.24) is 10.2 Å². The Balaban J connectivity index is 1.47. The average molecular weight is 603 g/mol. The van der Waals surface area contributed by atoms with E-state index in [0.717, 1.165) is 16.7 Å². The highest BCUT2D eigenvalue weighted by Gasteiger charge is 2.34. The fourth-order valence-electron chi connectivity index (χ4n) is 5.49. The molecule has 8 bridgehead atoms. The van der Waals surface area contributed by atoms with Crippen molar-refractivity contribution < 1.29 is 33.3 Å². The molecule has 43 heavy (non-hydrogen) atoms. The normalized spacial score (nSPS) is 16.3. The molecule has 4 aromatic carbocycles. The number of benzene rings is 4. The minimum absolute atomic E-state index is 0.0920. The minimum atomic E-state index is -0.650. The molecule has 7 rings (SSSR count). The molecule has 0 fully saturated rings. The lowest BCUT2D eigenvalue weighted by Gasteiger charge is -2.38. The van der Waals surface area contributed by atoms with Gasteiger partial charge in [0.1, 0.15) is 23.1 Å². The van der Waals surface area contributed by atoms with E-state index in [4.69, 9.17) is 25.8 Å². The van der Waals surface area contributed by atoms with Gasteiger partial charge in [-0.15, -0.1) is 0 Å². The molecule has 2 amide bonds. The van der Waals surface area contributed by atoms with Gasteiger partial charge in [0, 0.05) is 18.1 Å². The molecule has 3 heterocycles. The summed E-state index contributed by atoms with van der Waals surface area (Å²) in [6, 6.07) is 18.9. The number of methoxy groups -OCH3 is 1. The Labute approximate surface area is 252 Å². The SMILES string of the molecule is COc1ccc2cc1OCCCNC(=O)c1cc(ccc1O)Oc1ccc3c(c1)CCN(C(=O)c1cc(Cl)ccc1F)C23. The number of nitrogens with one attached hydrogen (secondary N) is 1. The highest BCUT2D eigenvalue weighted by molar-refractivity contribution is 6.31. The van der Waals surface area contributed by atoms with Gasteiger partial charge in [0.25, 0.3) is 11.8 Å². The van der Waals surface area contributed by atoms with E-state index in [1.165, 1.54) is 37.4 Å². The Morgan fingerprint density at radius 1 is 1.07 bits per heavy atom. The first-order chi connectivity index (χ1) is 20.8. The van der Waals surface area contributed by atoms with Crippen LogP contribution in [0.25, 0.3) is 0 Å². The summed E-state index contributed by atoms with van der Waals surface area (Å²) in [6.07, 6.45) is 0.961. The quantitative estimate of drug-likeness (QED) is 0.280. The minimum Gasteiger partial charge on any atom is -0.507 e. The Morgan fingerprint density at radius 2 is 1.88 bits per heavy atom. The summed E-state index contributed by atoms with van der Waals surface area (Å²) in [6.45, 7) is 0.861. The van der Waals surface area contributed by atoms with Gasteiger partial charge in [-0.1, -0.05) is 23.7 Å². The number of phenols is 1. The molecule has 10 heteroatoms. The maximum Gasteiger partial charge on any atom is 0.257 e. The Morgan fingerprint density at radius 3 is 2.72 bits per heavy atom. The lowest BCUT2D eigenvalue weighted by atomic mass is 9.87. The number of carbonyl (C=O) groups is 2. The molecule has 3 aliphatic heterocycles. The number of nitrogens with zero attached hydrogens (tertiary/aromatic N) is 1. The molecule has 0 saturated carbocycles. The Bertz CT molecular complexity index is 1730. The van der Waals surface area contributed by atoms with Gasteiger partial charge in [-0.2, -0.15) is 0 Å². The van der Waals surface area contributed by atoms with Crippen molar-refractivity contribution >= 4 is 23.4 Å². The molecular formula is C33H28ClFN2O6. The molecular weight excluding hydrogens is 575 g/mol. The Hall–Kier alpha value is -4.76. The summed E-state index contributed by atoms with van der Waals surface area (Å²) in [5, 5.41) is 13.4. The van der Waals surface area contributed by atoms with Crippen LogP contribution >= 0.6 is 11.6 Å². The molecule has 0 aromatic heterocycles. The summed E-state index contributed by atoms with van der Waals surface area (Å²) in [4.78, 5) is 28.3. The number of fused-ring (bicyclic) bond motifs is 6. The summed E-state index contributed by atoms with van der Waals surface area (Å²) in [5.41, 5.74) is 2.52. The number of amides is 2. The molecule has 8 nitrogen and oxygen atoms in total. The number of ether oxygens (including phenoxy) is 3. The third kappa shape index (κ3) is 5.68. The molecule has 0 spiro atoms. The third-order valence-electron chi connectivity index (χ3n) is 7.58. The van der Waals surface area contributed by atoms with Gasteiger partial charge in [-0.25, -0.2) is 4.39 Å². The van der Waals surface area contributed by atoms with E-state index in [0.29, 0.717) is 48.9 Å². The lowest BCUT2D eigenvalue weighted by molar-refractivity contribution is 0.0689. The number of rotatable bonds is 2. The number of halogens is 2. The van der Waals surface area contributed by atoms with E-state index in [9.17, 15) is 19.1 Å². The topological polar surface area (TPSA) is 97.3 Å². The van der Waals surface area contributed by atoms with Crippen molar-refractivity contribution in [3.63, 3.8) is 0 Å². The molecule has 0 saturated heterocycles. The van der Waals surface area contributed by atoms with Gasteiger partial charge < -0.3 is 29.5 Å². The average Bonchev–Trinajstić information content (AvgIpc) is 3.01. The zero-order valence-electron chi connectivity index (χ0n) is 23.2. The van der Waals surface area contributed by atoms with Crippen molar-refractivity contribution in [2.24, 2.45) is 0 Å². The third-order valence-corrected chi connectivity index (χ3v) is 7.81. The maximum atomic E-state index is 14.9. The van der Waals surface area contributed by atoms with E-state index in [-0.39, 0.29) is 28.5 Å². The van der Waals surface area contributed by atoms with Crippen molar-refractivity contribution in [2.75, 3.05) is 26.8 Å². The van der Waals surface area contributed by atoms with Gasteiger partial charge in [0.15, 0.2) is 11.5 Å². The van der Waals surface area contributed by atoms with Crippen LogP contribution in [0.1, 0.15) is 49.9 Å². The second-order valence-electron chi connectivity index (χ2n) is 10.3. The molecule has 0 aliphatic carbocycles. The zero-order valence-corrected chi connectivity index (χ0v) is 24.0. The van der Waals surface area contributed by atoms with Gasteiger partial charge in [-0.3, -0.25) is 9.59 Å². The van der Waals surface area contributed by atoms with Crippen LogP contribution in [-0.4, -0.2) is 48.6 Å². The van der Waals surface area contributed by atoms with Gasteiger partial charge in [0.2, 0.25) is 0 Å². The molecule has 1 atom stereocenters. The molecule has 4 aromatic rings. The fourth-order valence-corrected chi connectivity index (χ4v) is 5.66. The summed E-state index contributed by atoms with van der Waals surface area (Å²) >= 11 is 6.14. The number of hydrogen-bond acceptors (Lipinski definition) is 6. The van der Waals surface area contributed by atoms with Crippen molar-refractivity contribution in [2.45, 2.75) is 18.9 Å². The summed E-state index contributed by atoms with van der Waals surface area (Å²) in [7, 11) is 1.54. The summed E-state index contributed by atoms with van der Waals surface area (Å²) in [5.74, 6) is 0.146. The van der Waals surface area contributed by atoms with E-state index >= 15 is 0 Å². The van der Waals surface area contributed by atoms with Crippen LogP contribution in [0.2, 0.25) is 5.02 Å². The van der Waals surface area contributed by atoms with Crippen LogP contribution < -0.4 is 19.5 Å². The summed E-state index contributed by atoms with van der Waals surface area (Å²) < 4.78 is 32.6. The van der Waals surface area contributed by atoms with Crippen molar-refractivity contribution in [3.05, 3.63) is 111 Å². The van der Waals surface area contributed by atoms with Crippen LogP contribution in [0.3, 0.4) is 0 Å². The Kier molecular flexibility index (Phi) is 7.82. The first-order valence-electron chi connectivity index (χ1n) is 13.8. The molecule has 1 unspecified atom stereocenters. The van der Waals surface area contributed by atoms with Crippen LogP contribution in [0.4, 0.5) is 4.39 Å². The number of phenolic OH excluding ortho intramolecular Hbond substituents is 1. The largest absolute Gasteiger partial charge is 0.507 e. The predicted molar refractivity (Wildman–Crippen MR) is 158 cm³/mol. The predicted octanol–water partition coefficient (Wildman–Crippen LogP) is 6.29. The van der Waals surface area contributed by atoms with Crippen molar-refractivity contribution in [3.8, 4) is 28.7 Å². The molecule has 220 valence electrons. The first-order valence-corrected chi connectivity index (χ1v) is 14.2. The van der Waals surface area contributed by atoms with Crippen molar-refractivity contribution in [1.29, 1.82) is 0 Å². The van der Waals surface area contributed by atoms with Crippen LogP contribution in [0, 0.1) is 5.82 Å². The lowest BCUT2D eigenvalue weighted by Crippen LogP contribution is -2.41. The van der Waals surface area contributed by atoms with E-state index in [1.807, 2.05) is 24.3 Å². The number of aromatic hydroxyl groups is 1. The zero-order chi connectivity index (χ0) is 30.1. The first kappa shape index (κ1) is 28.4. The van der Waals surface area contributed by atoms with Crippen LogP contribution in [0.5, 0.6) is 28.7 Å². The highest BCUT2D eigenvalue weighted by Crippen LogP contribution is 2.41.